The Bertz CT molecular complexity index is 956. The second-order valence-corrected chi connectivity index (χ2v) is 8.07. The molecule has 0 radical (unpaired) electrons. The predicted molar refractivity (Wildman–Crippen MR) is 127 cm³/mol. The number of ether oxygens (including phenoxy) is 3. The van der Waals surface area contributed by atoms with Crippen LogP contribution in [0.3, 0.4) is 0 Å². The van der Waals surface area contributed by atoms with Gasteiger partial charge in [0.05, 0.1) is 18.7 Å². The number of benzene rings is 2. The van der Waals surface area contributed by atoms with Crippen LogP contribution in [0.15, 0.2) is 42.5 Å². The van der Waals surface area contributed by atoms with Crippen LogP contribution in [0.5, 0.6) is 17.2 Å². The van der Waals surface area contributed by atoms with Gasteiger partial charge in [0.25, 0.3) is 5.91 Å². The Balaban J connectivity index is 1.98. The molecule has 2 amide bonds. The third-order valence-corrected chi connectivity index (χ3v) is 4.50. The van der Waals surface area contributed by atoms with E-state index in [9.17, 15) is 9.59 Å². The van der Waals surface area contributed by atoms with E-state index in [2.05, 4.69) is 5.32 Å². The first-order valence-corrected chi connectivity index (χ1v) is 10.5. The van der Waals surface area contributed by atoms with E-state index in [1.54, 1.807) is 56.6 Å². The van der Waals surface area contributed by atoms with Gasteiger partial charge in [-0.25, -0.2) is 0 Å². The summed E-state index contributed by atoms with van der Waals surface area (Å²) in [5.74, 6) is 1.43. The number of hydrogen-bond acceptors (Lipinski definition) is 5. The number of likely N-dealkylation sites (N-methyl/N-ethyl adjacent to an activating group) is 1. The number of anilines is 1. The average molecular weight is 461 g/mol. The van der Waals surface area contributed by atoms with Crippen molar-refractivity contribution in [3.8, 4) is 17.2 Å². The highest BCUT2D eigenvalue weighted by molar-refractivity contribution is 6.32. The molecule has 0 aliphatic carbocycles. The molecule has 1 N–H and O–H groups in total. The van der Waals surface area contributed by atoms with Crippen LogP contribution in [0.2, 0.25) is 5.02 Å². The zero-order chi connectivity index (χ0) is 23.7. The van der Waals surface area contributed by atoms with Crippen molar-refractivity contribution in [3.63, 3.8) is 0 Å². The van der Waals surface area contributed by atoms with Gasteiger partial charge in [0.1, 0.15) is 5.75 Å². The number of amides is 2. The zero-order valence-corrected chi connectivity index (χ0v) is 19.7. The first-order valence-electron chi connectivity index (χ1n) is 10.1. The molecule has 0 atom stereocenters. The van der Waals surface area contributed by atoms with E-state index in [1.807, 2.05) is 13.8 Å². The summed E-state index contributed by atoms with van der Waals surface area (Å²) in [6, 6.07) is 10.2. The molecule has 0 saturated carbocycles. The quantitative estimate of drug-likeness (QED) is 0.528. The summed E-state index contributed by atoms with van der Waals surface area (Å²) in [7, 11) is 4.87. The minimum absolute atomic E-state index is 0.0469. The second-order valence-electron chi connectivity index (χ2n) is 7.66. The molecule has 2 rings (SSSR count). The van der Waals surface area contributed by atoms with Crippen LogP contribution in [0.1, 0.15) is 19.4 Å². The molecule has 172 valence electrons. The highest BCUT2D eigenvalue weighted by Crippen LogP contribution is 2.37. The smallest absolute Gasteiger partial charge is 0.259 e. The van der Waals surface area contributed by atoms with Gasteiger partial charge in [-0.2, -0.15) is 0 Å². The molecule has 7 nitrogen and oxygen atoms in total. The molecule has 0 spiro atoms. The molecule has 0 aliphatic heterocycles. The van der Waals surface area contributed by atoms with Crippen LogP contribution in [-0.2, 0) is 9.59 Å². The zero-order valence-electron chi connectivity index (χ0n) is 19.0. The molecular weight excluding hydrogens is 432 g/mol. The number of rotatable bonds is 10. The molecule has 0 unspecified atom stereocenters. The highest BCUT2D eigenvalue weighted by Gasteiger charge is 2.12. The van der Waals surface area contributed by atoms with E-state index in [-0.39, 0.29) is 18.4 Å². The molecule has 2 aromatic carbocycles. The lowest BCUT2D eigenvalue weighted by Gasteiger charge is -2.14. The van der Waals surface area contributed by atoms with Crippen molar-refractivity contribution in [2.45, 2.75) is 13.8 Å². The molecule has 0 aliphatic rings. The fourth-order valence-corrected chi connectivity index (χ4v) is 2.76. The standard InChI is InChI=1S/C24H29ClN2O5/c1-16(2)14-32-24-20(25)12-17(13-21(24)30-5)6-11-22(28)26-18-7-9-19(10-8-18)31-15-23(29)27(3)4/h6-13,16H,14-15H2,1-5H3,(H,26,28)/b11-6+. The van der Waals surface area contributed by atoms with E-state index in [0.29, 0.717) is 46.0 Å². The minimum Gasteiger partial charge on any atom is -0.493 e. The maximum absolute atomic E-state index is 12.3. The number of nitrogens with one attached hydrogen (secondary N) is 1. The Morgan fingerprint density at radius 2 is 1.81 bits per heavy atom. The van der Waals surface area contributed by atoms with E-state index in [1.165, 1.54) is 18.1 Å². The third kappa shape index (κ3) is 7.81. The number of carbonyl (C=O) groups excluding carboxylic acids is 2. The summed E-state index contributed by atoms with van der Waals surface area (Å²) in [5.41, 5.74) is 1.30. The lowest BCUT2D eigenvalue weighted by atomic mass is 10.1. The summed E-state index contributed by atoms with van der Waals surface area (Å²) < 4.78 is 16.5. The number of hydrogen-bond donors (Lipinski definition) is 1. The summed E-state index contributed by atoms with van der Waals surface area (Å²) in [6.45, 7) is 4.56. The van der Waals surface area contributed by atoms with Crippen molar-refractivity contribution >= 4 is 35.2 Å². The van der Waals surface area contributed by atoms with Gasteiger partial charge in [-0.3, -0.25) is 9.59 Å². The summed E-state index contributed by atoms with van der Waals surface area (Å²) >= 11 is 6.34. The molecular formula is C24H29ClN2O5. The van der Waals surface area contributed by atoms with Crippen LogP contribution in [0.4, 0.5) is 5.69 Å². The van der Waals surface area contributed by atoms with Crippen molar-refractivity contribution in [3.05, 3.63) is 53.1 Å². The monoisotopic (exact) mass is 460 g/mol. The van der Waals surface area contributed by atoms with Crippen LogP contribution < -0.4 is 19.5 Å². The largest absolute Gasteiger partial charge is 0.493 e. The lowest BCUT2D eigenvalue weighted by molar-refractivity contribution is -0.130. The van der Waals surface area contributed by atoms with E-state index in [4.69, 9.17) is 25.8 Å². The van der Waals surface area contributed by atoms with Gasteiger partial charge in [-0.05, 0) is 54.0 Å². The second kappa shape index (κ2) is 12.0. The summed E-state index contributed by atoms with van der Waals surface area (Å²) in [4.78, 5) is 25.3. The maximum Gasteiger partial charge on any atom is 0.259 e. The molecule has 0 fully saturated rings. The molecule has 32 heavy (non-hydrogen) atoms. The fourth-order valence-electron chi connectivity index (χ4n) is 2.49. The van der Waals surface area contributed by atoms with Gasteiger partial charge in [0.2, 0.25) is 5.91 Å². The van der Waals surface area contributed by atoms with E-state index < -0.39 is 0 Å². The van der Waals surface area contributed by atoms with E-state index >= 15 is 0 Å². The van der Waals surface area contributed by atoms with Crippen LogP contribution in [0, 0.1) is 5.92 Å². The molecule has 0 heterocycles. The van der Waals surface area contributed by atoms with Crippen molar-refractivity contribution in [1.29, 1.82) is 0 Å². The first kappa shape index (κ1) is 25.1. The van der Waals surface area contributed by atoms with Gasteiger partial charge in [-0.1, -0.05) is 25.4 Å². The lowest BCUT2D eigenvalue weighted by Crippen LogP contribution is -2.27. The fraction of sp³-hybridized carbons (Fsp3) is 0.333. The number of carbonyl (C=O) groups is 2. The topological polar surface area (TPSA) is 77.1 Å². The highest BCUT2D eigenvalue weighted by atomic mass is 35.5. The van der Waals surface area contributed by atoms with Gasteiger partial charge in [0, 0.05) is 25.9 Å². The Kier molecular flexibility index (Phi) is 9.40. The molecule has 0 bridgehead atoms. The van der Waals surface area contributed by atoms with Gasteiger partial charge in [0.15, 0.2) is 18.1 Å². The van der Waals surface area contributed by atoms with Crippen molar-refractivity contribution in [2.24, 2.45) is 5.92 Å². The summed E-state index contributed by atoms with van der Waals surface area (Å²) in [5, 5.41) is 3.17. The van der Waals surface area contributed by atoms with Crippen LogP contribution in [0.25, 0.3) is 6.08 Å². The minimum atomic E-state index is -0.309. The third-order valence-electron chi connectivity index (χ3n) is 4.22. The normalized spacial score (nSPS) is 10.8. The van der Waals surface area contributed by atoms with Gasteiger partial charge >= 0.3 is 0 Å². The van der Waals surface area contributed by atoms with Crippen molar-refractivity contribution in [1.82, 2.24) is 4.90 Å². The van der Waals surface area contributed by atoms with Crippen LogP contribution in [-0.4, -0.2) is 51.1 Å². The van der Waals surface area contributed by atoms with Gasteiger partial charge < -0.3 is 24.4 Å². The maximum atomic E-state index is 12.3. The number of halogens is 1. The van der Waals surface area contributed by atoms with Crippen molar-refractivity contribution < 1.29 is 23.8 Å². The Hall–Kier alpha value is -3.19. The van der Waals surface area contributed by atoms with Crippen molar-refractivity contribution in [2.75, 3.05) is 39.7 Å². The first-order chi connectivity index (χ1) is 15.2. The average Bonchev–Trinajstić information content (AvgIpc) is 2.75. The Labute approximate surface area is 193 Å². The predicted octanol–water partition coefficient (Wildman–Crippen LogP) is 4.50. The van der Waals surface area contributed by atoms with Gasteiger partial charge in [-0.15, -0.1) is 0 Å². The molecule has 0 aromatic heterocycles. The molecule has 8 heteroatoms. The van der Waals surface area contributed by atoms with E-state index in [0.717, 1.165) is 0 Å². The Morgan fingerprint density at radius 3 is 2.41 bits per heavy atom. The Morgan fingerprint density at radius 1 is 1.12 bits per heavy atom. The molecule has 0 saturated heterocycles. The summed E-state index contributed by atoms with van der Waals surface area (Å²) in [6.07, 6.45) is 3.04. The van der Waals surface area contributed by atoms with Crippen LogP contribution >= 0.6 is 11.6 Å². The SMILES string of the molecule is COc1cc(/C=C/C(=O)Nc2ccc(OCC(=O)N(C)C)cc2)cc(Cl)c1OCC(C)C. The number of nitrogens with zero attached hydrogens (tertiary/aromatic N) is 1. The number of methoxy groups -OCH3 is 1. The molecule has 2 aromatic rings.